The van der Waals surface area contributed by atoms with Crippen LogP contribution < -0.4 is 8.92 Å². The van der Waals surface area contributed by atoms with E-state index in [1.807, 2.05) is 28.8 Å². The van der Waals surface area contributed by atoms with Gasteiger partial charge in [0.25, 0.3) is 0 Å². The van der Waals surface area contributed by atoms with E-state index in [4.69, 9.17) is 4.74 Å². The van der Waals surface area contributed by atoms with Crippen LogP contribution in [-0.2, 0) is 17.0 Å². The largest absolute Gasteiger partial charge is 0.497 e. The lowest BCUT2D eigenvalue weighted by atomic mass is 10.0. The maximum atomic E-state index is 12.7. The van der Waals surface area contributed by atoms with E-state index in [0.29, 0.717) is 0 Å². The van der Waals surface area contributed by atoms with E-state index in [2.05, 4.69) is 16.1 Å². The van der Waals surface area contributed by atoms with Crippen LogP contribution in [0.1, 0.15) is 13.3 Å². The maximum Gasteiger partial charge on any atom is 0.488 e. The molecule has 0 fully saturated rings. The summed E-state index contributed by atoms with van der Waals surface area (Å²) in [5.74, 6) is 0.631. The molecule has 0 N–H and O–H groups in total. The van der Waals surface area contributed by atoms with Gasteiger partial charge in [-0.15, -0.1) is 0 Å². The van der Waals surface area contributed by atoms with Crippen LogP contribution in [0, 0.1) is 0 Å². The molecule has 1 heterocycles. The number of benzene rings is 2. The molecule has 0 unspecified atom stereocenters. The number of hydrogen-bond acceptors (Lipinski definition) is 5. The number of aromatic nitrogens is 2. The Kier molecular flexibility index (Phi) is 5.46. The molecule has 0 bridgehead atoms. The van der Waals surface area contributed by atoms with Crippen LogP contribution in [0.15, 0.2) is 54.9 Å². The fraction of sp³-hybridized carbons (Fsp3) is 0.211. The van der Waals surface area contributed by atoms with Crippen molar-refractivity contribution in [2.24, 2.45) is 0 Å². The molecule has 0 atom stereocenters. The highest BCUT2D eigenvalue weighted by Gasteiger charge is 2.16. The van der Waals surface area contributed by atoms with E-state index in [0.717, 1.165) is 41.2 Å². The predicted molar refractivity (Wildman–Crippen MR) is 101 cm³/mol. The van der Waals surface area contributed by atoms with Gasteiger partial charge >= 0.3 is 10.5 Å². The molecule has 27 heavy (non-hydrogen) atoms. The zero-order chi connectivity index (χ0) is 19.4. The number of imidazole rings is 1. The van der Waals surface area contributed by atoms with Gasteiger partial charge in [-0.25, -0.2) is 4.98 Å². The molecule has 0 spiro atoms. The number of aryl methyl sites for hydroxylation is 1. The predicted octanol–water partition coefficient (Wildman–Crippen LogP) is 4.23. The van der Waals surface area contributed by atoms with Crippen LogP contribution in [0.3, 0.4) is 0 Å². The summed E-state index contributed by atoms with van der Waals surface area (Å²) >= 11 is 0. The van der Waals surface area contributed by atoms with Crippen LogP contribution >= 0.6 is 0 Å². The van der Waals surface area contributed by atoms with Crippen molar-refractivity contribution >= 4 is 10.5 Å². The monoisotopic (exact) mass is 390 g/mol. The number of halogens is 1. The Morgan fingerprint density at radius 2 is 1.81 bits per heavy atom. The molecule has 0 aliphatic carbocycles. The van der Waals surface area contributed by atoms with Crippen molar-refractivity contribution < 1.29 is 21.2 Å². The summed E-state index contributed by atoms with van der Waals surface area (Å²) in [6.45, 7) is 2.83. The minimum absolute atomic E-state index is 0.0919. The van der Waals surface area contributed by atoms with Gasteiger partial charge in [-0.1, -0.05) is 22.9 Å². The SMILES string of the molecule is CCCn1cnc(-c2cccc(OC)c2)c1-c1ccc(OS(=O)(=O)F)cc1. The van der Waals surface area contributed by atoms with Gasteiger partial charge in [-0.2, -0.15) is 8.42 Å². The van der Waals surface area contributed by atoms with Gasteiger partial charge in [0.2, 0.25) is 0 Å². The third kappa shape index (κ3) is 4.46. The number of rotatable bonds is 7. The van der Waals surface area contributed by atoms with Crippen LogP contribution in [0.25, 0.3) is 22.5 Å². The van der Waals surface area contributed by atoms with Crippen LogP contribution in [-0.4, -0.2) is 25.1 Å². The first-order valence-electron chi connectivity index (χ1n) is 8.35. The van der Waals surface area contributed by atoms with Crippen molar-refractivity contribution in [2.45, 2.75) is 19.9 Å². The summed E-state index contributed by atoms with van der Waals surface area (Å²) in [5, 5.41) is 0. The summed E-state index contributed by atoms with van der Waals surface area (Å²) < 4.78 is 45.6. The molecule has 0 saturated heterocycles. The molecular formula is C19H19FN2O4S. The Morgan fingerprint density at radius 3 is 2.44 bits per heavy atom. The quantitative estimate of drug-likeness (QED) is 0.565. The number of hydrogen-bond donors (Lipinski definition) is 0. The van der Waals surface area contributed by atoms with Gasteiger partial charge in [0, 0.05) is 17.7 Å². The Labute approximate surface area is 157 Å². The Bertz CT molecular complexity index is 1030. The lowest BCUT2D eigenvalue weighted by molar-refractivity contribution is 0.415. The summed E-state index contributed by atoms with van der Waals surface area (Å²) in [5.41, 5.74) is 3.35. The molecule has 3 aromatic rings. The Morgan fingerprint density at radius 1 is 1.07 bits per heavy atom. The molecule has 2 aromatic carbocycles. The molecule has 142 valence electrons. The van der Waals surface area contributed by atoms with Crippen LogP contribution in [0.4, 0.5) is 3.89 Å². The van der Waals surface area contributed by atoms with Gasteiger partial charge in [0.05, 0.1) is 24.8 Å². The summed E-state index contributed by atoms with van der Waals surface area (Å²) in [4.78, 5) is 4.56. The molecule has 0 aliphatic heterocycles. The molecular weight excluding hydrogens is 371 g/mol. The molecule has 0 radical (unpaired) electrons. The second kappa shape index (κ2) is 7.79. The Hall–Kier alpha value is -2.87. The van der Waals surface area contributed by atoms with Gasteiger partial charge in [0.15, 0.2) is 0 Å². The maximum absolute atomic E-state index is 12.7. The van der Waals surface area contributed by atoms with E-state index >= 15 is 0 Å². The van der Waals surface area contributed by atoms with Crippen LogP contribution in [0.5, 0.6) is 11.5 Å². The molecule has 0 amide bonds. The van der Waals surface area contributed by atoms with E-state index in [-0.39, 0.29) is 5.75 Å². The second-order valence-corrected chi connectivity index (χ2v) is 6.82. The molecule has 0 aliphatic rings. The zero-order valence-corrected chi connectivity index (χ0v) is 15.7. The number of methoxy groups -OCH3 is 1. The first-order valence-corrected chi connectivity index (χ1v) is 9.66. The highest BCUT2D eigenvalue weighted by Crippen LogP contribution is 2.34. The third-order valence-electron chi connectivity index (χ3n) is 3.97. The van der Waals surface area contributed by atoms with Crippen molar-refractivity contribution in [1.82, 2.24) is 9.55 Å². The first kappa shape index (κ1) is 18.9. The Balaban J connectivity index is 2.06. The van der Waals surface area contributed by atoms with Crippen LogP contribution in [0.2, 0.25) is 0 Å². The minimum Gasteiger partial charge on any atom is -0.497 e. The van der Waals surface area contributed by atoms with Crippen molar-refractivity contribution in [3.63, 3.8) is 0 Å². The first-order chi connectivity index (χ1) is 12.9. The van der Waals surface area contributed by atoms with Gasteiger partial charge in [0.1, 0.15) is 11.5 Å². The van der Waals surface area contributed by atoms with E-state index in [1.54, 1.807) is 25.6 Å². The van der Waals surface area contributed by atoms with E-state index in [9.17, 15) is 12.3 Å². The second-order valence-electron chi connectivity index (χ2n) is 5.87. The van der Waals surface area contributed by atoms with Crippen molar-refractivity contribution in [3.8, 4) is 34.0 Å². The fourth-order valence-corrected chi connectivity index (χ4v) is 3.20. The highest BCUT2D eigenvalue weighted by atomic mass is 32.3. The number of nitrogens with zero attached hydrogens (tertiary/aromatic N) is 2. The molecule has 6 nitrogen and oxygen atoms in total. The molecule has 3 rings (SSSR count). The van der Waals surface area contributed by atoms with E-state index < -0.39 is 10.5 Å². The molecule has 1 aromatic heterocycles. The average Bonchev–Trinajstić information content (AvgIpc) is 3.05. The summed E-state index contributed by atoms with van der Waals surface area (Å²) in [7, 11) is -3.45. The van der Waals surface area contributed by atoms with Crippen molar-refractivity contribution in [2.75, 3.05) is 7.11 Å². The van der Waals surface area contributed by atoms with Gasteiger partial charge in [-0.05, 0) is 42.8 Å². The summed E-state index contributed by atoms with van der Waals surface area (Å²) in [6.07, 6.45) is 2.69. The minimum atomic E-state index is -5.05. The third-order valence-corrected chi connectivity index (χ3v) is 4.36. The average molecular weight is 390 g/mol. The van der Waals surface area contributed by atoms with Gasteiger partial charge in [-0.3, -0.25) is 0 Å². The summed E-state index contributed by atoms with van der Waals surface area (Å²) in [6, 6.07) is 13.7. The lowest BCUT2D eigenvalue weighted by Crippen LogP contribution is -2.01. The smallest absolute Gasteiger partial charge is 0.488 e. The molecule has 0 saturated carbocycles. The topological polar surface area (TPSA) is 70.4 Å². The normalized spacial score (nSPS) is 11.4. The zero-order valence-electron chi connectivity index (χ0n) is 14.9. The standard InChI is InChI=1S/C19H19FN2O4S/c1-3-11-22-13-21-18(15-5-4-6-17(12-15)25-2)19(22)14-7-9-16(10-8-14)26-27(20,23)24/h4-10,12-13H,3,11H2,1-2H3. The highest BCUT2D eigenvalue weighted by molar-refractivity contribution is 7.81. The number of ether oxygens (including phenoxy) is 1. The van der Waals surface area contributed by atoms with Gasteiger partial charge < -0.3 is 13.5 Å². The lowest BCUT2D eigenvalue weighted by Gasteiger charge is -2.11. The fourth-order valence-electron chi connectivity index (χ4n) is 2.86. The van der Waals surface area contributed by atoms with E-state index in [1.165, 1.54) is 12.1 Å². The van der Waals surface area contributed by atoms with Crippen molar-refractivity contribution in [1.29, 1.82) is 0 Å². The van der Waals surface area contributed by atoms with Crippen molar-refractivity contribution in [3.05, 3.63) is 54.9 Å². The molecule has 8 heteroatoms.